The first-order chi connectivity index (χ1) is 12.7. The molecule has 2 amide bonds. The van der Waals surface area contributed by atoms with Gasteiger partial charge in [-0.3, -0.25) is 14.6 Å². The van der Waals surface area contributed by atoms with Crippen molar-refractivity contribution in [1.29, 1.82) is 0 Å². The van der Waals surface area contributed by atoms with E-state index in [0.717, 1.165) is 17.7 Å². The molecule has 1 saturated heterocycles. The van der Waals surface area contributed by atoms with Crippen LogP contribution in [0.25, 0.3) is 0 Å². The number of carbonyl (C=O) groups is 2. The van der Waals surface area contributed by atoms with Gasteiger partial charge in [0.15, 0.2) is 0 Å². The number of amides is 2. The van der Waals surface area contributed by atoms with Crippen molar-refractivity contribution in [3.05, 3.63) is 59.4 Å². The number of halogens is 3. The van der Waals surface area contributed by atoms with E-state index in [0.29, 0.717) is 11.3 Å². The predicted octanol–water partition coefficient (Wildman–Crippen LogP) is 3.22. The van der Waals surface area contributed by atoms with E-state index in [1.54, 1.807) is 26.2 Å². The second kappa shape index (κ2) is 7.02. The molecule has 8 heteroatoms. The monoisotopic (exact) mass is 377 g/mol. The number of aromatic nitrogens is 1. The van der Waals surface area contributed by atoms with E-state index in [1.807, 2.05) is 0 Å². The van der Waals surface area contributed by atoms with E-state index >= 15 is 0 Å². The largest absolute Gasteiger partial charge is 0.416 e. The summed E-state index contributed by atoms with van der Waals surface area (Å²) in [6.45, 7) is 2.06. The molecule has 1 aromatic carbocycles. The molecule has 27 heavy (non-hydrogen) atoms. The third-order valence-electron chi connectivity index (χ3n) is 4.76. The van der Waals surface area contributed by atoms with Crippen molar-refractivity contribution in [2.45, 2.75) is 19.0 Å². The molecular weight excluding hydrogens is 359 g/mol. The van der Waals surface area contributed by atoms with Crippen LogP contribution in [0.1, 0.15) is 22.6 Å². The Morgan fingerprint density at radius 2 is 1.89 bits per heavy atom. The molecule has 0 bridgehead atoms. The van der Waals surface area contributed by atoms with Gasteiger partial charge in [0.05, 0.1) is 17.4 Å². The van der Waals surface area contributed by atoms with Crippen LogP contribution in [0, 0.1) is 12.8 Å². The Balaban J connectivity index is 1.87. The molecule has 2 atom stereocenters. The maximum atomic E-state index is 12.8. The molecule has 0 radical (unpaired) electrons. The molecule has 2 aromatic rings. The Kier molecular flexibility index (Phi) is 4.91. The number of likely N-dealkylation sites (N-methyl/N-ethyl adjacent to an activating group) is 1. The molecule has 1 aliphatic heterocycles. The molecule has 0 aliphatic carbocycles. The minimum Gasteiger partial charge on any atom is -0.344 e. The Morgan fingerprint density at radius 1 is 1.22 bits per heavy atom. The van der Waals surface area contributed by atoms with Gasteiger partial charge < -0.3 is 10.2 Å². The third kappa shape index (κ3) is 3.79. The lowest BCUT2D eigenvalue weighted by Crippen LogP contribution is -2.33. The van der Waals surface area contributed by atoms with E-state index < -0.39 is 29.5 Å². The Labute approximate surface area is 154 Å². The molecule has 1 aliphatic rings. The lowest BCUT2D eigenvalue weighted by molar-refractivity contribution is -0.138. The number of pyridine rings is 1. The van der Waals surface area contributed by atoms with Gasteiger partial charge in [-0.05, 0) is 36.2 Å². The van der Waals surface area contributed by atoms with Crippen molar-refractivity contribution in [3.8, 4) is 0 Å². The molecule has 2 heterocycles. The number of anilines is 1. The Morgan fingerprint density at radius 3 is 2.48 bits per heavy atom. The highest BCUT2D eigenvalue weighted by Gasteiger charge is 2.44. The number of carbonyl (C=O) groups excluding carboxylic acids is 2. The zero-order valence-electron chi connectivity index (χ0n) is 14.7. The smallest absolute Gasteiger partial charge is 0.344 e. The molecule has 0 saturated carbocycles. The fourth-order valence-electron chi connectivity index (χ4n) is 3.22. The lowest BCUT2D eigenvalue weighted by Gasteiger charge is -2.18. The molecule has 1 fully saturated rings. The molecule has 1 N–H and O–H groups in total. The fourth-order valence-corrected chi connectivity index (χ4v) is 3.22. The van der Waals surface area contributed by atoms with E-state index in [1.165, 1.54) is 23.2 Å². The molecule has 3 rings (SSSR count). The summed E-state index contributed by atoms with van der Waals surface area (Å²) in [6, 6.07) is 6.33. The van der Waals surface area contributed by atoms with E-state index in [9.17, 15) is 22.8 Å². The van der Waals surface area contributed by atoms with Crippen LogP contribution < -0.4 is 5.32 Å². The number of aryl methyl sites for hydroxylation is 1. The zero-order valence-corrected chi connectivity index (χ0v) is 14.7. The minimum atomic E-state index is -4.44. The molecule has 0 unspecified atom stereocenters. The number of hydrogen-bond acceptors (Lipinski definition) is 3. The number of benzene rings is 1. The van der Waals surface area contributed by atoms with Crippen LogP contribution in [0.5, 0.6) is 0 Å². The van der Waals surface area contributed by atoms with Crippen LogP contribution >= 0.6 is 0 Å². The summed E-state index contributed by atoms with van der Waals surface area (Å²) in [4.78, 5) is 30.6. The minimum absolute atomic E-state index is 0.258. The highest BCUT2D eigenvalue weighted by atomic mass is 19.4. The first kappa shape index (κ1) is 18.9. The summed E-state index contributed by atoms with van der Waals surface area (Å²) in [5, 5.41) is 2.71. The third-order valence-corrected chi connectivity index (χ3v) is 4.76. The average molecular weight is 377 g/mol. The quantitative estimate of drug-likeness (QED) is 0.836. The fraction of sp³-hybridized carbons (Fsp3) is 0.316. The summed E-state index contributed by atoms with van der Waals surface area (Å²) < 4.78 is 38.3. The average Bonchev–Trinajstić information content (AvgIpc) is 2.91. The first-order valence-corrected chi connectivity index (χ1v) is 8.32. The van der Waals surface area contributed by atoms with Crippen molar-refractivity contribution in [2.24, 2.45) is 5.92 Å². The summed E-state index contributed by atoms with van der Waals surface area (Å²) in [5.74, 6) is -2.39. The van der Waals surface area contributed by atoms with Gasteiger partial charge in [0.2, 0.25) is 11.8 Å². The highest BCUT2D eigenvalue weighted by molar-refractivity contribution is 6.08. The Hall–Kier alpha value is -2.90. The molecule has 1 aromatic heterocycles. The van der Waals surface area contributed by atoms with Gasteiger partial charge in [0.1, 0.15) is 5.92 Å². The number of nitrogens with one attached hydrogen (secondary N) is 1. The van der Waals surface area contributed by atoms with Gasteiger partial charge in [-0.15, -0.1) is 0 Å². The maximum Gasteiger partial charge on any atom is 0.416 e. The second-order valence-corrected chi connectivity index (χ2v) is 6.60. The zero-order chi connectivity index (χ0) is 19.8. The van der Waals surface area contributed by atoms with Gasteiger partial charge in [-0.25, -0.2) is 0 Å². The maximum absolute atomic E-state index is 12.8. The van der Waals surface area contributed by atoms with Crippen molar-refractivity contribution >= 4 is 17.5 Å². The number of rotatable bonds is 3. The van der Waals surface area contributed by atoms with Crippen molar-refractivity contribution in [3.63, 3.8) is 0 Å². The van der Waals surface area contributed by atoms with Gasteiger partial charge in [0.25, 0.3) is 0 Å². The number of alkyl halides is 3. The van der Waals surface area contributed by atoms with Crippen LogP contribution in [0.2, 0.25) is 0 Å². The van der Waals surface area contributed by atoms with Crippen molar-refractivity contribution in [1.82, 2.24) is 9.88 Å². The number of nitrogens with zero attached hydrogens (tertiary/aromatic N) is 2. The summed E-state index contributed by atoms with van der Waals surface area (Å²) in [7, 11) is 1.57. The van der Waals surface area contributed by atoms with E-state index in [2.05, 4.69) is 10.3 Å². The number of hydrogen-bond donors (Lipinski definition) is 1. The molecule has 142 valence electrons. The van der Waals surface area contributed by atoms with Crippen LogP contribution in [-0.4, -0.2) is 35.3 Å². The first-order valence-electron chi connectivity index (χ1n) is 8.32. The molecule has 5 nitrogen and oxygen atoms in total. The number of likely N-dealkylation sites (tertiary alicyclic amines) is 1. The van der Waals surface area contributed by atoms with Crippen LogP contribution in [-0.2, 0) is 15.8 Å². The summed E-state index contributed by atoms with van der Waals surface area (Å²) in [6.07, 6.45) is -1.36. The van der Waals surface area contributed by atoms with E-state index in [4.69, 9.17) is 0 Å². The second-order valence-electron chi connectivity index (χ2n) is 6.60. The molecule has 0 spiro atoms. The summed E-state index contributed by atoms with van der Waals surface area (Å²) >= 11 is 0. The Bertz CT molecular complexity index is 865. The van der Waals surface area contributed by atoms with Gasteiger partial charge in [0, 0.05) is 25.7 Å². The van der Waals surface area contributed by atoms with Gasteiger partial charge in [-0.2, -0.15) is 13.2 Å². The van der Waals surface area contributed by atoms with Crippen LogP contribution in [0.3, 0.4) is 0 Å². The highest BCUT2D eigenvalue weighted by Crippen LogP contribution is 2.36. The van der Waals surface area contributed by atoms with Crippen LogP contribution in [0.4, 0.5) is 18.9 Å². The lowest BCUT2D eigenvalue weighted by atomic mass is 9.87. The normalized spacial score (nSPS) is 20.0. The van der Waals surface area contributed by atoms with E-state index in [-0.39, 0.29) is 12.5 Å². The van der Waals surface area contributed by atoms with Crippen molar-refractivity contribution in [2.75, 3.05) is 18.9 Å². The standard InChI is InChI=1S/C19H18F3N3O2/c1-11-7-8-23-9-15(11)24-17(26)16-14(10-25(2)18(16)27)12-3-5-13(6-4-12)19(20,21)22/h3-9,14,16H,10H2,1-2H3,(H,24,26)/t14-,16+/m0/s1. The topological polar surface area (TPSA) is 62.3 Å². The van der Waals surface area contributed by atoms with Crippen LogP contribution in [0.15, 0.2) is 42.7 Å². The van der Waals surface area contributed by atoms with Gasteiger partial charge in [-0.1, -0.05) is 12.1 Å². The predicted molar refractivity (Wildman–Crippen MR) is 92.9 cm³/mol. The van der Waals surface area contributed by atoms with Crippen molar-refractivity contribution < 1.29 is 22.8 Å². The summed E-state index contributed by atoms with van der Waals surface area (Å²) in [5.41, 5.74) is 1.04. The molecular formula is C19H18F3N3O2. The van der Waals surface area contributed by atoms with Gasteiger partial charge >= 0.3 is 6.18 Å². The SMILES string of the molecule is Cc1ccncc1NC(=O)[C@@H]1C(=O)N(C)C[C@H]1c1ccc(C(F)(F)F)cc1.